The topological polar surface area (TPSA) is 49.3 Å². The van der Waals surface area contributed by atoms with Crippen LogP contribution in [-0.4, -0.2) is 17.6 Å². The van der Waals surface area contributed by atoms with Crippen LogP contribution < -0.4 is 5.32 Å². The number of nitrogens with one attached hydrogen (secondary N) is 1. The molecule has 0 atom stereocenters. The minimum atomic E-state index is -0.761. The zero-order chi connectivity index (χ0) is 13.1. The van der Waals surface area contributed by atoms with Crippen molar-refractivity contribution in [1.82, 2.24) is 0 Å². The number of carbonyl (C=O) groups is 1. The van der Waals surface area contributed by atoms with Gasteiger partial charge in [-0.2, -0.15) is 0 Å². The molecule has 0 saturated heterocycles. The van der Waals surface area contributed by atoms with E-state index in [2.05, 4.69) is 21.2 Å². The van der Waals surface area contributed by atoms with Gasteiger partial charge < -0.3 is 10.4 Å². The van der Waals surface area contributed by atoms with Crippen molar-refractivity contribution >= 4 is 27.6 Å². The second-order valence-electron chi connectivity index (χ2n) is 5.05. The minimum absolute atomic E-state index is 0.160. The van der Waals surface area contributed by atoms with Crippen molar-refractivity contribution in [2.24, 2.45) is 5.41 Å². The van der Waals surface area contributed by atoms with Gasteiger partial charge in [-0.05, 0) is 30.0 Å². The number of benzene rings is 1. The number of hydrogen-bond donors (Lipinski definition) is 2. The van der Waals surface area contributed by atoms with Crippen LogP contribution in [-0.2, 0) is 4.79 Å². The molecule has 0 bridgehead atoms. The van der Waals surface area contributed by atoms with Crippen molar-refractivity contribution in [2.45, 2.75) is 27.2 Å². The molecule has 0 spiro atoms. The number of anilines is 1. The second-order valence-corrected chi connectivity index (χ2v) is 5.96. The van der Waals surface area contributed by atoms with Crippen molar-refractivity contribution in [3.05, 3.63) is 28.2 Å². The highest BCUT2D eigenvalue weighted by molar-refractivity contribution is 9.10. The van der Waals surface area contributed by atoms with E-state index in [4.69, 9.17) is 5.11 Å². The minimum Gasteiger partial charge on any atom is -0.481 e. The smallest absolute Gasteiger partial charge is 0.303 e. The third-order valence-corrected chi connectivity index (χ3v) is 3.08. The molecule has 0 aromatic heterocycles. The lowest BCUT2D eigenvalue weighted by Gasteiger charge is -2.24. The lowest BCUT2D eigenvalue weighted by molar-refractivity contribution is -0.139. The summed E-state index contributed by atoms with van der Waals surface area (Å²) in [5.74, 6) is -0.761. The van der Waals surface area contributed by atoms with Crippen molar-refractivity contribution in [3.63, 3.8) is 0 Å². The number of carboxylic acids is 1. The average Bonchev–Trinajstić information content (AvgIpc) is 2.17. The van der Waals surface area contributed by atoms with E-state index >= 15 is 0 Å². The lowest BCUT2D eigenvalue weighted by atomic mass is 9.89. The van der Waals surface area contributed by atoms with E-state index in [-0.39, 0.29) is 11.8 Å². The van der Waals surface area contributed by atoms with E-state index in [0.717, 1.165) is 15.7 Å². The van der Waals surface area contributed by atoms with Crippen LogP contribution in [0.4, 0.5) is 5.69 Å². The molecule has 0 aliphatic carbocycles. The number of carboxylic acid groups (broad SMARTS) is 1. The average molecular weight is 300 g/mol. The quantitative estimate of drug-likeness (QED) is 0.872. The number of halogens is 1. The largest absolute Gasteiger partial charge is 0.481 e. The zero-order valence-electron chi connectivity index (χ0n) is 10.4. The molecule has 0 aliphatic heterocycles. The number of rotatable bonds is 5. The maximum atomic E-state index is 10.7. The summed E-state index contributed by atoms with van der Waals surface area (Å²) in [7, 11) is 0. The second kappa shape index (κ2) is 5.54. The van der Waals surface area contributed by atoms with E-state index in [1.54, 1.807) is 0 Å². The lowest BCUT2D eigenvalue weighted by Crippen LogP contribution is -2.26. The summed E-state index contributed by atoms with van der Waals surface area (Å²) in [5, 5.41) is 12.1. The van der Waals surface area contributed by atoms with Crippen LogP contribution in [0.25, 0.3) is 0 Å². The Hall–Kier alpha value is -1.03. The molecule has 4 heteroatoms. The summed E-state index contributed by atoms with van der Waals surface area (Å²) in [4.78, 5) is 10.7. The fraction of sp³-hybridized carbons (Fsp3) is 0.462. The standard InChI is InChI=1S/C13H18BrNO2/c1-9-4-5-10(14)6-11(9)15-8-13(2,3)7-12(16)17/h4-6,15H,7-8H2,1-3H3,(H,16,17). The fourth-order valence-electron chi connectivity index (χ4n) is 1.59. The Kier molecular flexibility index (Phi) is 4.57. The van der Waals surface area contributed by atoms with Gasteiger partial charge in [-0.25, -0.2) is 0 Å². The summed E-state index contributed by atoms with van der Waals surface area (Å²) >= 11 is 3.42. The van der Waals surface area contributed by atoms with Gasteiger partial charge in [-0.3, -0.25) is 4.79 Å². The fourth-order valence-corrected chi connectivity index (χ4v) is 1.95. The maximum absolute atomic E-state index is 10.7. The SMILES string of the molecule is Cc1ccc(Br)cc1NCC(C)(C)CC(=O)O. The van der Waals surface area contributed by atoms with Gasteiger partial charge in [0.2, 0.25) is 0 Å². The van der Waals surface area contributed by atoms with Gasteiger partial charge in [0.15, 0.2) is 0 Å². The Morgan fingerprint density at radius 1 is 1.47 bits per heavy atom. The summed E-state index contributed by atoms with van der Waals surface area (Å²) < 4.78 is 1.02. The molecule has 3 nitrogen and oxygen atoms in total. The molecule has 17 heavy (non-hydrogen) atoms. The first-order valence-corrected chi connectivity index (χ1v) is 6.31. The van der Waals surface area contributed by atoms with Crippen molar-refractivity contribution < 1.29 is 9.90 Å². The van der Waals surface area contributed by atoms with Crippen molar-refractivity contribution in [2.75, 3.05) is 11.9 Å². The third kappa shape index (κ3) is 4.77. The van der Waals surface area contributed by atoms with Gasteiger partial charge >= 0.3 is 5.97 Å². The maximum Gasteiger partial charge on any atom is 0.303 e. The molecule has 94 valence electrons. The number of aryl methyl sites for hydroxylation is 1. The predicted molar refractivity (Wildman–Crippen MR) is 73.4 cm³/mol. The Balaban J connectivity index is 2.66. The van der Waals surface area contributed by atoms with Crippen LogP contribution >= 0.6 is 15.9 Å². The Labute approximate surface area is 110 Å². The molecule has 0 unspecified atom stereocenters. The Morgan fingerprint density at radius 3 is 2.71 bits per heavy atom. The summed E-state index contributed by atoms with van der Waals surface area (Å²) in [6.07, 6.45) is 0.160. The zero-order valence-corrected chi connectivity index (χ0v) is 12.0. The van der Waals surface area contributed by atoms with E-state index in [9.17, 15) is 4.79 Å². The van der Waals surface area contributed by atoms with Gasteiger partial charge in [0.05, 0.1) is 6.42 Å². The van der Waals surface area contributed by atoms with Gasteiger partial charge in [0.25, 0.3) is 0 Å². The molecule has 0 amide bonds. The molecule has 0 aliphatic rings. The van der Waals surface area contributed by atoms with Crippen LogP contribution in [0.5, 0.6) is 0 Å². The number of aliphatic carboxylic acids is 1. The van der Waals surface area contributed by atoms with E-state index in [1.165, 1.54) is 0 Å². The summed E-state index contributed by atoms with van der Waals surface area (Å²) in [6.45, 7) is 6.55. The Bertz CT molecular complexity index is 416. The first kappa shape index (κ1) is 14.0. The molecule has 1 rings (SSSR count). The van der Waals surface area contributed by atoms with Crippen LogP contribution in [0, 0.1) is 12.3 Å². The first-order chi connectivity index (χ1) is 7.80. The van der Waals surface area contributed by atoms with Crippen LogP contribution in [0.3, 0.4) is 0 Å². The van der Waals surface area contributed by atoms with E-state index in [0.29, 0.717) is 6.54 Å². The van der Waals surface area contributed by atoms with Gasteiger partial charge in [-0.1, -0.05) is 35.8 Å². The van der Waals surface area contributed by atoms with E-state index in [1.807, 2.05) is 39.0 Å². The highest BCUT2D eigenvalue weighted by Crippen LogP contribution is 2.24. The normalized spacial score (nSPS) is 11.3. The van der Waals surface area contributed by atoms with Gasteiger partial charge in [0.1, 0.15) is 0 Å². The molecule has 0 fully saturated rings. The number of hydrogen-bond acceptors (Lipinski definition) is 2. The summed E-state index contributed by atoms with van der Waals surface area (Å²) in [6, 6.07) is 6.02. The summed E-state index contributed by atoms with van der Waals surface area (Å²) in [5.41, 5.74) is 1.93. The van der Waals surface area contributed by atoms with Crippen LogP contribution in [0.2, 0.25) is 0 Å². The molecule has 0 radical (unpaired) electrons. The van der Waals surface area contributed by atoms with Crippen LogP contribution in [0.15, 0.2) is 22.7 Å². The molecular formula is C13H18BrNO2. The molecule has 0 heterocycles. The highest BCUT2D eigenvalue weighted by Gasteiger charge is 2.21. The monoisotopic (exact) mass is 299 g/mol. The first-order valence-electron chi connectivity index (χ1n) is 5.52. The molecule has 0 saturated carbocycles. The van der Waals surface area contributed by atoms with E-state index < -0.39 is 5.97 Å². The molecule has 1 aromatic carbocycles. The van der Waals surface area contributed by atoms with Crippen molar-refractivity contribution in [3.8, 4) is 0 Å². The third-order valence-electron chi connectivity index (χ3n) is 2.59. The Morgan fingerprint density at radius 2 is 2.12 bits per heavy atom. The molecular weight excluding hydrogens is 282 g/mol. The van der Waals surface area contributed by atoms with Crippen LogP contribution in [0.1, 0.15) is 25.8 Å². The molecule has 2 N–H and O–H groups in total. The van der Waals surface area contributed by atoms with Gasteiger partial charge in [-0.15, -0.1) is 0 Å². The molecule has 1 aromatic rings. The highest BCUT2D eigenvalue weighted by atomic mass is 79.9. The van der Waals surface area contributed by atoms with Crippen molar-refractivity contribution in [1.29, 1.82) is 0 Å². The predicted octanol–water partition coefficient (Wildman–Crippen LogP) is 3.67. The van der Waals surface area contributed by atoms with Gasteiger partial charge in [0, 0.05) is 16.7 Å².